The highest BCUT2D eigenvalue weighted by atomic mass is 15.0. The second kappa shape index (κ2) is 5.44. The summed E-state index contributed by atoms with van der Waals surface area (Å²) in [6.07, 6.45) is 33.5. The van der Waals surface area contributed by atoms with Crippen molar-refractivity contribution in [3.8, 4) is 0 Å². The van der Waals surface area contributed by atoms with Gasteiger partial charge in [-0.25, -0.2) is 0 Å². The molecule has 5 aliphatic carbocycles. The van der Waals surface area contributed by atoms with E-state index < -0.39 is 0 Å². The van der Waals surface area contributed by atoms with Gasteiger partial charge in [0.05, 0.1) is 0 Å². The maximum atomic E-state index is 3.93. The SMILES string of the molecule is C1=CC2NC3C=CC=CC3C3(C4=CCCC=C4C4=C3C=CCC4)C2C=C1. The van der Waals surface area contributed by atoms with Gasteiger partial charge in [-0.15, -0.1) is 0 Å². The molecule has 1 spiro atoms. The third-order valence-electron chi connectivity index (χ3n) is 7.25. The Bertz CT molecular complexity index is 864. The number of nitrogens with one attached hydrogen (secondary N) is 1. The summed E-state index contributed by atoms with van der Waals surface area (Å²) in [4.78, 5) is 0. The van der Waals surface area contributed by atoms with Crippen molar-refractivity contribution >= 4 is 0 Å². The van der Waals surface area contributed by atoms with Gasteiger partial charge in [-0.05, 0) is 48.0 Å². The highest BCUT2D eigenvalue weighted by Gasteiger charge is 2.60. The largest absolute Gasteiger partial charge is 0.303 e. The Kier molecular flexibility index (Phi) is 3.13. The number of rotatable bonds is 0. The van der Waals surface area contributed by atoms with Crippen molar-refractivity contribution in [3.63, 3.8) is 0 Å². The molecule has 1 heterocycles. The number of fused-ring (bicyclic) bond motifs is 8. The normalized spacial score (nSPS) is 41.5. The van der Waals surface area contributed by atoms with Gasteiger partial charge in [0.15, 0.2) is 0 Å². The molecular formula is C25H25N. The summed E-state index contributed by atoms with van der Waals surface area (Å²) < 4.78 is 0. The van der Waals surface area contributed by atoms with Crippen LogP contribution in [-0.4, -0.2) is 12.1 Å². The zero-order valence-corrected chi connectivity index (χ0v) is 15.1. The molecule has 4 atom stereocenters. The Morgan fingerprint density at radius 2 is 1.50 bits per heavy atom. The lowest BCUT2D eigenvalue weighted by atomic mass is 9.52. The molecule has 1 nitrogen and oxygen atoms in total. The Hall–Kier alpha value is -2.12. The van der Waals surface area contributed by atoms with Crippen LogP contribution < -0.4 is 5.32 Å². The van der Waals surface area contributed by atoms with Crippen molar-refractivity contribution in [1.82, 2.24) is 5.32 Å². The molecule has 1 heteroatoms. The minimum atomic E-state index is 0.0849. The second-order valence-electron chi connectivity index (χ2n) is 8.32. The second-order valence-corrected chi connectivity index (χ2v) is 8.32. The van der Waals surface area contributed by atoms with Crippen LogP contribution in [0.5, 0.6) is 0 Å². The predicted octanol–water partition coefficient (Wildman–Crippen LogP) is 5.10. The zero-order valence-electron chi connectivity index (χ0n) is 15.1. The lowest BCUT2D eigenvalue weighted by Gasteiger charge is -2.55. The van der Waals surface area contributed by atoms with Gasteiger partial charge in [-0.2, -0.15) is 0 Å². The average Bonchev–Trinajstić information content (AvgIpc) is 3.00. The van der Waals surface area contributed by atoms with Gasteiger partial charge in [0.1, 0.15) is 0 Å². The van der Waals surface area contributed by atoms with Gasteiger partial charge in [-0.1, -0.05) is 72.9 Å². The predicted molar refractivity (Wildman–Crippen MR) is 107 cm³/mol. The van der Waals surface area contributed by atoms with Crippen molar-refractivity contribution in [2.45, 2.75) is 37.8 Å². The van der Waals surface area contributed by atoms with E-state index in [0.29, 0.717) is 23.9 Å². The fourth-order valence-electron chi connectivity index (χ4n) is 6.39. The molecule has 1 saturated heterocycles. The summed E-state index contributed by atoms with van der Waals surface area (Å²) in [5.74, 6) is 0.959. The first kappa shape index (κ1) is 15.0. The molecule has 26 heavy (non-hydrogen) atoms. The molecule has 0 saturated carbocycles. The summed E-state index contributed by atoms with van der Waals surface area (Å²) >= 11 is 0. The number of hydrogen-bond donors (Lipinski definition) is 1. The van der Waals surface area contributed by atoms with E-state index in [4.69, 9.17) is 0 Å². The smallest absolute Gasteiger partial charge is 0.0369 e. The van der Waals surface area contributed by atoms with Gasteiger partial charge >= 0.3 is 0 Å². The molecule has 1 fully saturated rings. The Balaban J connectivity index is 1.66. The van der Waals surface area contributed by atoms with Crippen molar-refractivity contribution < 1.29 is 0 Å². The Morgan fingerprint density at radius 1 is 0.808 bits per heavy atom. The summed E-state index contributed by atoms with van der Waals surface area (Å²) in [5, 5.41) is 3.93. The first-order valence-corrected chi connectivity index (χ1v) is 10.2. The standard InChI is InChI=1S/C25H25N/c1-3-11-19-17(9-1)18-10-2-4-12-20(18)25(19)21-13-5-7-15-23(21)26-24-16-8-6-14-22(24)25/h3,5-8,10-16,21-24,26H,1-2,4,9H2. The topological polar surface area (TPSA) is 12.0 Å². The van der Waals surface area contributed by atoms with Crippen LogP contribution in [0.2, 0.25) is 0 Å². The summed E-state index contributed by atoms with van der Waals surface area (Å²) in [7, 11) is 0. The lowest BCUT2D eigenvalue weighted by Crippen LogP contribution is -2.61. The van der Waals surface area contributed by atoms with Crippen LogP contribution in [0, 0.1) is 17.3 Å². The first-order valence-electron chi connectivity index (χ1n) is 10.2. The van der Waals surface area contributed by atoms with Gasteiger partial charge in [0.25, 0.3) is 0 Å². The molecule has 0 amide bonds. The van der Waals surface area contributed by atoms with Gasteiger partial charge < -0.3 is 5.32 Å². The quantitative estimate of drug-likeness (QED) is 0.647. The molecule has 6 aliphatic rings. The lowest BCUT2D eigenvalue weighted by molar-refractivity contribution is 0.129. The van der Waals surface area contributed by atoms with Crippen LogP contribution in [0.25, 0.3) is 0 Å². The number of allylic oxidation sites excluding steroid dienone is 12. The van der Waals surface area contributed by atoms with Crippen LogP contribution in [0.4, 0.5) is 0 Å². The molecule has 0 radical (unpaired) electrons. The van der Waals surface area contributed by atoms with E-state index in [-0.39, 0.29) is 5.41 Å². The van der Waals surface area contributed by atoms with Crippen molar-refractivity contribution in [2.24, 2.45) is 17.3 Å². The van der Waals surface area contributed by atoms with Gasteiger partial charge in [0, 0.05) is 29.3 Å². The monoisotopic (exact) mass is 339 g/mol. The van der Waals surface area contributed by atoms with E-state index in [1.807, 2.05) is 0 Å². The van der Waals surface area contributed by atoms with Crippen LogP contribution in [0.3, 0.4) is 0 Å². The molecule has 130 valence electrons. The molecule has 0 aromatic rings. The minimum Gasteiger partial charge on any atom is -0.303 e. The fraction of sp³-hybridized carbons (Fsp3) is 0.360. The number of hydrogen-bond acceptors (Lipinski definition) is 1. The molecular weight excluding hydrogens is 314 g/mol. The fourth-order valence-corrected chi connectivity index (χ4v) is 6.39. The highest BCUT2D eigenvalue weighted by Crippen LogP contribution is 2.65. The first-order chi connectivity index (χ1) is 12.9. The Morgan fingerprint density at radius 3 is 2.27 bits per heavy atom. The van der Waals surface area contributed by atoms with Crippen LogP contribution in [0.1, 0.15) is 25.7 Å². The maximum absolute atomic E-state index is 3.93. The highest BCUT2D eigenvalue weighted by molar-refractivity contribution is 5.69. The van der Waals surface area contributed by atoms with E-state index in [1.165, 1.54) is 25.7 Å². The van der Waals surface area contributed by atoms with Gasteiger partial charge in [0.2, 0.25) is 0 Å². The summed E-state index contributed by atoms with van der Waals surface area (Å²) in [6, 6.07) is 0.812. The molecule has 6 rings (SSSR count). The molecule has 0 bridgehead atoms. The van der Waals surface area contributed by atoms with E-state index in [2.05, 4.69) is 78.2 Å². The summed E-state index contributed by atoms with van der Waals surface area (Å²) in [6.45, 7) is 0. The minimum absolute atomic E-state index is 0.0849. The molecule has 4 unspecified atom stereocenters. The third-order valence-corrected chi connectivity index (χ3v) is 7.25. The Labute approximate surface area is 155 Å². The van der Waals surface area contributed by atoms with Gasteiger partial charge in [-0.3, -0.25) is 0 Å². The number of piperidine rings is 1. The van der Waals surface area contributed by atoms with E-state index in [9.17, 15) is 0 Å². The molecule has 1 N–H and O–H groups in total. The zero-order chi connectivity index (χ0) is 17.1. The van der Waals surface area contributed by atoms with Crippen molar-refractivity contribution in [3.05, 3.63) is 95.2 Å². The van der Waals surface area contributed by atoms with Crippen molar-refractivity contribution in [1.29, 1.82) is 0 Å². The average molecular weight is 339 g/mol. The van der Waals surface area contributed by atoms with E-state index >= 15 is 0 Å². The van der Waals surface area contributed by atoms with Crippen LogP contribution in [-0.2, 0) is 0 Å². The molecule has 0 aromatic carbocycles. The molecule has 0 aromatic heterocycles. The van der Waals surface area contributed by atoms with Crippen LogP contribution >= 0.6 is 0 Å². The summed E-state index contributed by atoms with van der Waals surface area (Å²) in [5.41, 5.74) is 6.56. The van der Waals surface area contributed by atoms with E-state index in [1.54, 1.807) is 22.3 Å². The van der Waals surface area contributed by atoms with Crippen LogP contribution in [0.15, 0.2) is 95.2 Å². The van der Waals surface area contributed by atoms with Crippen molar-refractivity contribution in [2.75, 3.05) is 0 Å². The maximum Gasteiger partial charge on any atom is 0.0369 e. The third kappa shape index (κ3) is 1.75. The van der Waals surface area contributed by atoms with E-state index in [0.717, 1.165) is 0 Å². The molecule has 1 aliphatic heterocycles.